The number of benzene rings is 1. The van der Waals surface area contributed by atoms with Gasteiger partial charge in [-0.1, -0.05) is 63.4 Å². The Balaban J connectivity index is 2.22. The molecule has 0 amide bonds. The van der Waals surface area contributed by atoms with Crippen LogP contribution in [0, 0.1) is 17.2 Å². The molecule has 1 unspecified atom stereocenters. The summed E-state index contributed by atoms with van der Waals surface area (Å²) in [7, 11) is 0. The summed E-state index contributed by atoms with van der Waals surface area (Å²) in [4.78, 5) is 12.2. The third kappa shape index (κ3) is 5.22. The summed E-state index contributed by atoms with van der Waals surface area (Å²) in [5.41, 5.74) is 1.04. The second kappa shape index (κ2) is 9.68. The molecule has 0 aliphatic heterocycles. The fraction of sp³-hybridized carbons (Fsp3) is 0.429. The van der Waals surface area contributed by atoms with Gasteiger partial charge in [-0.05, 0) is 17.9 Å². The molecule has 0 spiro atoms. The summed E-state index contributed by atoms with van der Waals surface area (Å²) in [6.07, 6.45) is 6.24. The Morgan fingerprint density at radius 3 is 2.60 bits per heavy atom. The van der Waals surface area contributed by atoms with Gasteiger partial charge in [0, 0.05) is 18.8 Å². The number of nitriles is 1. The molecule has 0 aliphatic rings. The zero-order chi connectivity index (χ0) is 18.1. The lowest BCUT2D eigenvalue weighted by Crippen LogP contribution is -2.18. The van der Waals surface area contributed by atoms with Crippen molar-refractivity contribution in [2.45, 2.75) is 52.7 Å². The number of hydrogen-bond acceptors (Lipinski definition) is 3. The van der Waals surface area contributed by atoms with Crippen molar-refractivity contribution in [2.75, 3.05) is 0 Å². The van der Waals surface area contributed by atoms with Gasteiger partial charge in [0.1, 0.15) is 12.7 Å². The zero-order valence-electron chi connectivity index (χ0n) is 15.1. The van der Waals surface area contributed by atoms with Crippen molar-refractivity contribution in [3.05, 3.63) is 64.1 Å². The second-order valence-corrected chi connectivity index (χ2v) is 6.31. The lowest BCUT2D eigenvalue weighted by molar-refractivity contribution is 0.296. The molecule has 1 aromatic heterocycles. The molecule has 1 atom stereocenters. The van der Waals surface area contributed by atoms with Gasteiger partial charge in [-0.2, -0.15) is 5.26 Å². The molecule has 1 aromatic carbocycles. The van der Waals surface area contributed by atoms with Crippen LogP contribution in [0.5, 0.6) is 5.75 Å². The van der Waals surface area contributed by atoms with Crippen LogP contribution in [0.4, 0.5) is 0 Å². The molecular formula is C21H26N2O2. The molecule has 2 rings (SSSR count). The smallest absolute Gasteiger partial charge is 0.224 e. The molecular weight excluding hydrogens is 312 g/mol. The van der Waals surface area contributed by atoms with E-state index in [-0.39, 0.29) is 17.8 Å². The van der Waals surface area contributed by atoms with E-state index in [0.29, 0.717) is 11.6 Å². The van der Waals surface area contributed by atoms with Gasteiger partial charge < -0.3 is 9.30 Å². The van der Waals surface area contributed by atoms with Crippen LogP contribution in [-0.2, 0) is 13.2 Å². The van der Waals surface area contributed by atoms with Crippen LogP contribution < -0.4 is 10.2 Å². The molecule has 132 valence electrons. The molecule has 0 saturated carbocycles. The largest absolute Gasteiger partial charge is 0.482 e. The first-order chi connectivity index (χ1) is 12.2. The van der Waals surface area contributed by atoms with E-state index < -0.39 is 0 Å². The molecule has 0 radical (unpaired) electrons. The quantitative estimate of drug-likeness (QED) is 0.675. The minimum Gasteiger partial charge on any atom is -0.482 e. The molecule has 0 fully saturated rings. The van der Waals surface area contributed by atoms with Gasteiger partial charge in [0.15, 0.2) is 5.69 Å². The maximum absolute atomic E-state index is 12.2. The fourth-order valence-corrected chi connectivity index (χ4v) is 2.89. The van der Waals surface area contributed by atoms with Crippen LogP contribution in [-0.4, -0.2) is 4.57 Å². The first-order valence-corrected chi connectivity index (χ1v) is 8.99. The maximum Gasteiger partial charge on any atom is 0.224 e. The van der Waals surface area contributed by atoms with E-state index in [0.717, 1.165) is 31.4 Å². The molecule has 0 bridgehead atoms. The number of rotatable bonds is 9. The Morgan fingerprint density at radius 1 is 1.20 bits per heavy atom. The average Bonchev–Trinajstić information content (AvgIpc) is 2.65. The van der Waals surface area contributed by atoms with Crippen LogP contribution in [0.2, 0.25) is 0 Å². The van der Waals surface area contributed by atoms with E-state index in [4.69, 9.17) is 4.74 Å². The van der Waals surface area contributed by atoms with Gasteiger partial charge >= 0.3 is 0 Å². The Labute approximate surface area is 149 Å². The SMILES string of the molecule is CCCCC(CC)Cn1ccc(=O)c(OCc2ccccc2)c1C#N. The minimum atomic E-state index is -0.245. The summed E-state index contributed by atoms with van der Waals surface area (Å²) in [5, 5.41) is 9.59. The van der Waals surface area contributed by atoms with Crippen molar-refractivity contribution in [1.29, 1.82) is 5.26 Å². The molecule has 2 aromatic rings. The Bertz CT molecular complexity index is 760. The first kappa shape index (κ1) is 18.8. The Kier molecular flexibility index (Phi) is 7.28. The minimum absolute atomic E-state index is 0.152. The maximum atomic E-state index is 12.2. The number of unbranched alkanes of at least 4 members (excludes halogenated alkanes) is 1. The molecule has 4 heteroatoms. The number of aromatic nitrogens is 1. The molecule has 0 aliphatic carbocycles. The number of hydrogen-bond donors (Lipinski definition) is 0. The van der Waals surface area contributed by atoms with E-state index in [1.165, 1.54) is 12.5 Å². The van der Waals surface area contributed by atoms with E-state index in [2.05, 4.69) is 19.9 Å². The zero-order valence-corrected chi connectivity index (χ0v) is 15.1. The fourth-order valence-electron chi connectivity index (χ4n) is 2.89. The highest BCUT2D eigenvalue weighted by Crippen LogP contribution is 2.19. The van der Waals surface area contributed by atoms with Crippen molar-refractivity contribution in [2.24, 2.45) is 5.92 Å². The van der Waals surface area contributed by atoms with E-state index >= 15 is 0 Å². The average molecular weight is 338 g/mol. The van der Waals surface area contributed by atoms with Gasteiger partial charge in [-0.3, -0.25) is 4.79 Å². The molecule has 0 N–H and O–H groups in total. The molecule has 4 nitrogen and oxygen atoms in total. The molecule has 25 heavy (non-hydrogen) atoms. The topological polar surface area (TPSA) is 55.0 Å². The van der Waals surface area contributed by atoms with Crippen LogP contribution in [0.25, 0.3) is 0 Å². The van der Waals surface area contributed by atoms with Crippen molar-refractivity contribution < 1.29 is 4.74 Å². The summed E-state index contributed by atoms with van der Waals surface area (Å²) in [5.74, 6) is 0.649. The van der Waals surface area contributed by atoms with Gasteiger partial charge in [0.05, 0.1) is 0 Å². The number of ether oxygens (including phenoxy) is 1. The van der Waals surface area contributed by atoms with Crippen molar-refractivity contribution in [3.63, 3.8) is 0 Å². The van der Waals surface area contributed by atoms with Gasteiger partial charge in [-0.15, -0.1) is 0 Å². The second-order valence-electron chi connectivity index (χ2n) is 6.31. The third-order valence-electron chi connectivity index (χ3n) is 4.46. The van der Waals surface area contributed by atoms with Crippen LogP contribution >= 0.6 is 0 Å². The van der Waals surface area contributed by atoms with Crippen molar-refractivity contribution in [1.82, 2.24) is 4.57 Å². The Morgan fingerprint density at radius 2 is 1.96 bits per heavy atom. The summed E-state index contributed by atoms with van der Waals surface area (Å²) >= 11 is 0. The van der Waals surface area contributed by atoms with Crippen molar-refractivity contribution >= 4 is 0 Å². The number of nitrogens with zero attached hydrogens (tertiary/aromatic N) is 2. The van der Waals surface area contributed by atoms with Gasteiger partial charge in [0.2, 0.25) is 11.2 Å². The lowest BCUT2D eigenvalue weighted by atomic mass is 9.99. The predicted molar refractivity (Wildman–Crippen MR) is 99.5 cm³/mol. The van der Waals surface area contributed by atoms with Gasteiger partial charge in [-0.25, -0.2) is 0 Å². The summed E-state index contributed by atoms with van der Waals surface area (Å²) < 4.78 is 7.59. The monoisotopic (exact) mass is 338 g/mol. The molecule has 1 heterocycles. The van der Waals surface area contributed by atoms with E-state index in [9.17, 15) is 10.1 Å². The summed E-state index contributed by atoms with van der Waals surface area (Å²) in [6.45, 7) is 5.37. The van der Waals surface area contributed by atoms with Crippen LogP contribution in [0.1, 0.15) is 50.8 Å². The highest BCUT2D eigenvalue weighted by molar-refractivity contribution is 5.38. The van der Waals surface area contributed by atoms with Crippen LogP contribution in [0.15, 0.2) is 47.4 Å². The van der Waals surface area contributed by atoms with E-state index in [1.807, 2.05) is 34.9 Å². The predicted octanol–water partition coefficient (Wildman–Crippen LogP) is 4.52. The highest BCUT2D eigenvalue weighted by atomic mass is 16.5. The van der Waals surface area contributed by atoms with Crippen molar-refractivity contribution in [3.8, 4) is 11.8 Å². The normalized spacial score (nSPS) is 11.7. The lowest BCUT2D eigenvalue weighted by Gasteiger charge is -2.19. The Hall–Kier alpha value is -2.54. The molecule has 0 saturated heterocycles. The van der Waals surface area contributed by atoms with Gasteiger partial charge in [0.25, 0.3) is 0 Å². The first-order valence-electron chi connectivity index (χ1n) is 8.99. The van der Waals surface area contributed by atoms with Crippen LogP contribution in [0.3, 0.4) is 0 Å². The third-order valence-corrected chi connectivity index (χ3v) is 4.46. The summed E-state index contributed by atoms with van der Waals surface area (Å²) in [6, 6.07) is 13.3. The number of pyridine rings is 1. The highest BCUT2D eigenvalue weighted by Gasteiger charge is 2.15. The standard InChI is InChI=1S/C21H26N2O2/c1-3-5-9-17(4-2)15-23-13-12-20(24)21(19(23)14-22)25-16-18-10-7-6-8-11-18/h6-8,10-13,17H,3-5,9,15-16H2,1-2H3. The van der Waals surface area contributed by atoms with E-state index in [1.54, 1.807) is 6.20 Å².